The first-order valence-corrected chi connectivity index (χ1v) is 7.48. The standard InChI is InChI=1S/C17H17N3O3/c21-15(18-12-14-8-5-11-22-14)9-4-10-16-19-17(20-23-16)13-6-2-1-3-7-13/h1-3,5-8,11H,4,9-10,12H2,(H,18,21). The van der Waals surface area contributed by atoms with Gasteiger partial charge in [0.15, 0.2) is 0 Å². The van der Waals surface area contributed by atoms with Crippen molar-refractivity contribution in [3.8, 4) is 11.4 Å². The maximum atomic E-state index is 11.7. The zero-order chi connectivity index (χ0) is 15.9. The number of aryl methyl sites for hydroxylation is 1. The molecule has 23 heavy (non-hydrogen) atoms. The number of amides is 1. The van der Waals surface area contributed by atoms with E-state index >= 15 is 0 Å². The van der Waals surface area contributed by atoms with Crippen LogP contribution in [0.4, 0.5) is 0 Å². The number of carbonyl (C=O) groups is 1. The largest absolute Gasteiger partial charge is 0.467 e. The molecule has 0 unspecified atom stereocenters. The number of hydrogen-bond acceptors (Lipinski definition) is 5. The monoisotopic (exact) mass is 311 g/mol. The number of hydrogen-bond donors (Lipinski definition) is 1. The minimum absolute atomic E-state index is 0.0239. The molecule has 0 bridgehead atoms. The number of furan rings is 1. The Hall–Kier alpha value is -2.89. The topological polar surface area (TPSA) is 81.2 Å². The summed E-state index contributed by atoms with van der Waals surface area (Å²) >= 11 is 0. The van der Waals surface area contributed by atoms with E-state index in [2.05, 4.69) is 15.5 Å². The van der Waals surface area contributed by atoms with Crippen molar-refractivity contribution in [3.63, 3.8) is 0 Å². The molecular formula is C17H17N3O3. The van der Waals surface area contributed by atoms with Gasteiger partial charge in [-0.2, -0.15) is 4.98 Å². The molecule has 3 aromatic rings. The summed E-state index contributed by atoms with van der Waals surface area (Å²) in [4.78, 5) is 16.1. The summed E-state index contributed by atoms with van der Waals surface area (Å²) in [6.07, 6.45) is 3.22. The Labute approximate surface area is 133 Å². The van der Waals surface area contributed by atoms with E-state index in [1.165, 1.54) is 0 Å². The van der Waals surface area contributed by atoms with Gasteiger partial charge in [0, 0.05) is 18.4 Å². The summed E-state index contributed by atoms with van der Waals surface area (Å²) in [5, 5.41) is 6.76. The number of aromatic nitrogens is 2. The maximum absolute atomic E-state index is 11.7. The van der Waals surface area contributed by atoms with Crippen molar-refractivity contribution in [2.45, 2.75) is 25.8 Å². The van der Waals surface area contributed by atoms with E-state index in [-0.39, 0.29) is 5.91 Å². The van der Waals surface area contributed by atoms with Crippen molar-refractivity contribution in [3.05, 3.63) is 60.4 Å². The molecule has 0 aliphatic rings. The zero-order valence-corrected chi connectivity index (χ0v) is 12.6. The second-order valence-corrected chi connectivity index (χ2v) is 5.09. The lowest BCUT2D eigenvalue weighted by molar-refractivity contribution is -0.121. The van der Waals surface area contributed by atoms with E-state index in [0.29, 0.717) is 37.5 Å². The summed E-state index contributed by atoms with van der Waals surface area (Å²) in [6.45, 7) is 0.407. The van der Waals surface area contributed by atoms with Crippen LogP contribution in [0, 0.1) is 0 Å². The van der Waals surface area contributed by atoms with Crippen LogP contribution in [-0.4, -0.2) is 16.0 Å². The quantitative estimate of drug-likeness (QED) is 0.725. The van der Waals surface area contributed by atoms with Crippen LogP contribution >= 0.6 is 0 Å². The molecule has 0 aliphatic heterocycles. The number of rotatable bonds is 7. The summed E-state index contributed by atoms with van der Waals surface area (Å²) < 4.78 is 10.4. The van der Waals surface area contributed by atoms with Gasteiger partial charge < -0.3 is 14.3 Å². The van der Waals surface area contributed by atoms with Gasteiger partial charge in [0.05, 0.1) is 12.8 Å². The van der Waals surface area contributed by atoms with Crippen LogP contribution in [0.5, 0.6) is 0 Å². The summed E-state index contributed by atoms with van der Waals surface area (Å²) in [7, 11) is 0. The van der Waals surface area contributed by atoms with Gasteiger partial charge in [0.2, 0.25) is 17.6 Å². The van der Waals surface area contributed by atoms with Gasteiger partial charge in [-0.05, 0) is 18.6 Å². The van der Waals surface area contributed by atoms with Gasteiger partial charge in [0.1, 0.15) is 5.76 Å². The van der Waals surface area contributed by atoms with Crippen molar-refractivity contribution in [2.24, 2.45) is 0 Å². The Kier molecular flexibility index (Phi) is 4.83. The molecule has 0 spiro atoms. The van der Waals surface area contributed by atoms with E-state index in [1.54, 1.807) is 12.3 Å². The molecule has 0 saturated heterocycles. The Bertz CT molecular complexity index is 736. The van der Waals surface area contributed by atoms with E-state index < -0.39 is 0 Å². The first kappa shape index (κ1) is 15.0. The molecule has 1 amide bonds. The summed E-state index contributed by atoms with van der Waals surface area (Å²) in [5.41, 5.74) is 0.915. The summed E-state index contributed by atoms with van der Waals surface area (Å²) in [6, 6.07) is 13.3. The normalized spacial score (nSPS) is 10.6. The van der Waals surface area contributed by atoms with Crippen molar-refractivity contribution in [1.82, 2.24) is 15.5 Å². The highest BCUT2D eigenvalue weighted by atomic mass is 16.5. The number of carbonyl (C=O) groups excluding carboxylic acids is 1. The van der Waals surface area contributed by atoms with Gasteiger partial charge in [-0.3, -0.25) is 4.79 Å². The van der Waals surface area contributed by atoms with Crippen molar-refractivity contribution in [1.29, 1.82) is 0 Å². The summed E-state index contributed by atoms with van der Waals surface area (Å²) in [5.74, 6) is 1.83. The molecule has 1 N–H and O–H groups in total. The zero-order valence-electron chi connectivity index (χ0n) is 12.6. The smallest absolute Gasteiger partial charge is 0.226 e. The molecule has 0 aliphatic carbocycles. The number of benzene rings is 1. The maximum Gasteiger partial charge on any atom is 0.226 e. The Morgan fingerprint density at radius 3 is 2.78 bits per heavy atom. The molecule has 6 nitrogen and oxygen atoms in total. The molecule has 118 valence electrons. The molecule has 6 heteroatoms. The molecular weight excluding hydrogens is 294 g/mol. The first-order chi connectivity index (χ1) is 11.3. The predicted octanol–water partition coefficient (Wildman–Crippen LogP) is 2.97. The molecule has 3 rings (SSSR count). The number of nitrogens with zero attached hydrogens (tertiary/aromatic N) is 2. The highest BCUT2D eigenvalue weighted by Crippen LogP contribution is 2.15. The Morgan fingerprint density at radius 2 is 2.00 bits per heavy atom. The van der Waals surface area contributed by atoms with Crippen LogP contribution in [-0.2, 0) is 17.8 Å². The van der Waals surface area contributed by atoms with Crippen LogP contribution in [0.25, 0.3) is 11.4 Å². The fraction of sp³-hybridized carbons (Fsp3) is 0.235. The average molecular weight is 311 g/mol. The third-order valence-corrected chi connectivity index (χ3v) is 3.33. The average Bonchev–Trinajstić information content (AvgIpc) is 3.26. The van der Waals surface area contributed by atoms with Gasteiger partial charge >= 0.3 is 0 Å². The van der Waals surface area contributed by atoms with Crippen molar-refractivity contribution < 1.29 is 13.7 Å². The van der Waals surface area contributed by atoms with Crippen LogP contribution in [0.2, 0.25) is 0 Å². The van der Waals surface area contributed by atoms with Crippen molar-refractivity contribution in [2.75, 3.05) is 0 Å². The fourth-order valence-electron chi connectivity index (χ4n) is 2.15. The van der Waals surface area contributed by atoms with E-state index in [0.717, 1.165) is 11.3 Å². The highest BCUT2D eigenvalue weighted by Gasteiger charge is 2.09. The second-order valence-electron chi connectivity index (χ2n) is 5.09. The van der Waals surface area contributed by atoms with Crippen LogP contribution in [0.15, 0.2) is 57.7 Å². The molecule has 2 heterocycles. The lowest BCUT2D eigenvalue weighted by atomic mass is 10.2. The Morgan fingerprint density at radius 1 is 1.13 bits per heavy atom. The SMILES string of the molecule is O=C(CCCc1nc(-c2ccccc2)no1)NCc1ccco1. The second kappa shape index (κ2) is 7.40. The van der Waals surface area contributed by atoms with E-state index in [9.17, 15) is 4.79 Å². The molecule has 0 radical (unpaired) electrons. The van der Waals surface area contributed by atoms with Crippen LogP contribution in [0.3, 0.4) is 0 Å². The first-order valence-electron chi connectivity index (χ1n) is 7.48. The van der Waals surface area contributed by atoms with Gasteiger partial charge in [-0.25, -0.2) is 0 Å². The predicted molar refractivity (Wildman–Crippen MR) is 83.2 cm³/mol. The third-order valence-electron chi connectivity index (χ3n) is 3.33. The fourth-order valence-corrected chi connectivity index (χ4v) is 2.15. The van der Waals surface area contributed by atoms with E-state index in [4.69, 9.17) is 8.94 Å². The van der Waals surface area contributed by atoms with Gasteiger partial charge in [0.25, 0.3) is 0 Å². The van der Waals surface area contributed by atoms with Crippen molar-refractivity contribution >= 4 is 5.91 Å². The van der Waals surface area contributed by atoms with Gasteiger partial charge in [-0.1, -0.05) is 35.5 Å². The molecule has 0 atom stereocenters. The van der Waals surface area contributed by atoms with Crippen LogP contribution < -0.4 is 5.32 Å². The van der Waals surface area contributed by atoms with E-state index in [1.807, 2.05) is 36.4 Å². The minimum atomic E-state index is -0.0239. The molecule has 0 fully saturated rings. The number of nitrogens with one attached hydrogen (secondary N) is 1. The molecule has 0 saturated carbocycles. The van der Waals surface area contributed by atoms with Gasteiger partial charge in [-0.15, -0.1) is 0 Å². The minimum Gasteiger partial charge on any atom is -0.467 e. The van der Waals surface area contributed by atoms with Crippen LogP contribution in [0.1, 0.15) is 24.5 Å². The highest BCUT2D eigenvalue weighted by molar-refractivity contribution is 5.75. The molecule has 1 aromatic carbocycles. The molecule has 2 aromatic heterocycles. The lowest BCUT2D eigenvalue weighted by Gasteiger charge is -2.01. The Balaban J connectivity index is 1.42. The lowest BCUT2D eigenvalue weighted by Crippen LogP contribution is -2.22. The third kappa shape index (κ3) is 4.29.